The average molecular weight is 277 g/mol. The SMILES string of the molecule is CCN(CC)c1ncccc1C(=O)NC[C@@H]1CCCO1. The second kappa shape index (κ2) is 7.24. The monoisotopic (exact) mass is 277 g/mol. The average Bonchev–Trinajstić information content (AvgIpc) is 3.00. The van der Waals surface area contributed by atoms with Crippen molar-refractivity contribution in [1.82, 2.24) is 10.3 Å². The van der Waals surface area contributed by atoms with Crippen molar-refractivity contribution >= 4 is 11.7 Å². The van der Waals surface area contributed by atoms with Crippen LogP contribution in [-0.2, 0) is 4.74 Å². The summed E-state index contributed by atoms with van der Waals surface area (Å²) in [6, 6.07) is 3.62. The first-order valence-electron chi connectivity index (χ1n) is 7.36. The van der Waals surface area contributed by atoms with E-state index in [1.807, 2.05) is 6.07 Å². The predicted octanol–water partition coefficient (Wildman–Crippen LogP) is 1.84. The summed E-state index contributed by atoms with van der Waals surface area (Å²) in [6.07, 6.45) is 3.99. The first-order valence-corrected chi connectivity index (χ1v) is 7.36. The molecule has 1 fully saturated rings. The second-order valence-corrected chi connectivity index (χ2v) is 4.89. The van der Waals surface area contributed by atoms with E-state index >= 15 is 0 Å². The fourth-order valence-corrected chi connectivity index (χ4v) is 2.46. The highest BCUT2D eigenvalue weighted by Gasteiger charge is 2.19. The van der Waals surface area contributed by atoms with Crippen molar-refractivity contribution in [2.24, 2.45) is 0 Å². The van der Waals surface area contributed by atoms with E-state index in [0.29, 0.717) is 12.1 Å². The fourth-order valence-electron chi connectivity index (χ4n) is 2.46. The molecule has 1 aromatic rings. The van der Waals surface area contributed by atoms with Gasteiger partial charge in [-0.2, -0.15) is 0 Å². The maximum atomic E-state index is 12.3. The molecule has 0 saturated carbocycles. The summed E-state index contributed by atoms with van der Waals surface area (Å²) in [6.45, 7) is 7.17. The lowest BCUT2D eigenvalue weighted by Gasteiger charge is -2.22. The van der Waals surface area contributed by atoms with E-state index in [1.165, 1.54) is 0 Å². The van der Waals surface area contributed by atoms with Gasteiger partial charge >= 0.3 is 0 Å². The lowest BCUT2D eigenvalue weighted by Crippen LogP contribution is -2.34. The van der Waals surface area contributed by atoms with Crippen molar-refractivity contribution in [1.29, 1.82) is 0 Å². The molecule has 0 spiro atoms. The maximum absolute atomic E-state index is 12.3. The molecule has 0 unspecified atom stereocenters. The Hall–Kier alpha value is -1.62. The van der Waals surface area contributed by atoms with Gasteiger partial charge in [-0.15, -0.1) is 0 Å². The summed E-state index contributed by atoms with van der Waals surface area (Å²) < 4.78 is 5.52. The minimum absolute atomic E-state index is 0.0736. The van der Waals surface area contributed by atoms with E-state index in [2.05, 4.69) is 29.0 Å². The number of amides is 1. The quantitative estimate of drug-likeness (QED) is 0.862. The third-order valence-corrected chi connectivity index (χ3v) is 3.61. The first kappa shape index (κ1) is 14.8. The summed E-state index contributed by atoms with van der Waals surface area (Å²) in [4.78, 5) is 18.8. The molecule has 2 heterocycles. The smallest absolute Gasteiger partial charge is 0.255 e. The van der Waals surface area contributed by atoms with Crippen molar-refractivity contribution in [3.8, 4) is 0 Å². The molecule has 1 aliphatic heterocycles. The molecule has 0 radical (unpaired) electrons. The van der Waals surface area contributed by atoms with Crippen LogP contribution in [-0.4, -0.2) is 43.2 Å². The largest absolute Gasteiger partial charge is 0.376 e. The van der Waals surface area contributed by atoms with Crippen molar-refractivity contribution in [3.05, 3.63) is 23.9 Å². The molecule has 1 atom stereocenters. The standard InChI is InChI=1S/C15H23N3O2/c1-3-18(4-2)14-13(8-5-9-16-14)15(19)17-11-12-7-6-10-20-12/h5,8-9,12H,3-4,6-7,10-11H2,1-2H3,(H,17,19)/t12-/m0/s1. The number of aromatic nitrogens is 1. The summed E-state index contributed by atoms with van der Waals surface area (Å²) in [7, 11) is 0. The fraction of sp³-hybridized carbons (Fsp3) is 0.600. The minimum atomic E-state index is -0.0736. The Morgan fingerprint density at radius 3 is 2.95 bits per heavy atom. The molecule has 1 amide bonds. The minimum Gasteiger partial charge on any atom is -0.376 e. The molecule has 5 nitrogen and oxygen atoms in total. The molecule has 0 aliphatic carbocycles. The Morgan fingerprint density at radius 1 is 1.50 bits per heavy atom. The Bertz CT molecular complexity index is 440. The van der Waals surface area contributed by atoms with E-state index in [9.17, 15) is 4.79 Å². The molecule has 2 rings (SSSR count). The number of nitrogens with zero attached hydrogens (tertiary/aromatic N) is 2. The summed E-state index contributed by atoms with van der Waals surface area (Å²) in [5, 5.41) is 2.95. The Balaban J connectivity index is 2.04. The van der Waals surface area contributed by atoms with Gasteiger partial charge in [-0.05, 0) is 38.8 Å². The van der Waals surface area contributed by atoms with Gasteiger partial charge in [0.05, 0.1) is 11.7 Å². The Kier molecular flexibility index (Phi) is 5.35. The van der Waals surface area contributed by atoms with Crippen LogP contribution >= 0.6 is 0 Å². The van der Waals surface area contributed by atoms with Crippen LogP contribution in [0.3, 0.4) is 0 Å². The topological polar surface area (TPSA) is 54.5 Å². The molecule has 0 aromatic carbocycles. The van der Waals surface area contributed by atoms with E-state index in [1.54, 1.807) is 12.3 Å². The first-order chi connectivity index (χ1) is 9.76. The lowest BCUT2D eigenvalue weighted by atomic mass is 10.2. The van der Waals surface area contributed by atoms with E-state index < -0.39 is 0 Å². The lowest BCUT2D eigenvalue weighted by molar-refractivity contribution is 0.0858. The molecule has 0 bridgehead atoms. The van der Waals surface area contributed by atoms with Gasteiger partial charge in [0, 0.05) is 32.4 Å². The van der Waals surface area contributed by atoms with Gasteiger partial charge in [0.25, 0.3) is 5.91 Å². The third kappa shape index (κ3) is 3.48. The van der Waals surface area contributed by atoms with Crippen LogP contribution in [0.4, 0.5) is 5.82 Å². The van der Waals surface area contributed by atoms with Crippen LogP contribution in [0.1, 0.15) is 37.0 Å². The van der Waals surface area contributed by atoms with Crippen LogP contribution in [0.15, 0.2) is 18.3 Å². The molecule has 1 saturated heterocycles. The predicted molar refractivity (Wildman–Crippen MR) is 79.1 cm³/mol. The number of hydrogen-bond acceptors (Lipinski definition) is 4. The van der Waals surface area contributed by atoms with Gasteiger partial charge in [-0.25, -0.2) is 4.98 Å². The number of nitrogens with one attached hydrogen (secondary N) is 1. The van der Waals surface area contributed by atoms with Crippen LogP contribution < -0.4 is 10.2 Å². The number of carbonyl (C=O) groups excluding carboxylic acids is 1. The number of anilines is 1. The van der Waals surface area contributed by atoms with Crippen LogP contribution in [0.5, 0.6) is 0 Å². The highest BCUT2D eigenvalue weighted by atomic mass is 16.5. The zero-order chi connectivity index (χ0) is 14.4. The summed E-state index contributed by atoms with van der Waals surface area (Å²) in [5.74, 6) is 0.679. The Labute approximate surface area is 120 Å². The number of carbonyl (C=O) groups is 1. The van der Waals surface area contributed by atoms with Gasteiger partial charge < -0.3 is 15.0 Å². The van der Waals surface area contributed by atoms with Gasteiger partial charge in [0.2, 0.25) is 0 Å². The molecular formula is C15H23N3O2. The summed E-state index contributed by atoms with van der Waals surface area (Å²) >= 11 is 0. The molecule has 5 heteroatoms. The third-order valence-electron chi connectivity index (χ3n) is 3.61. The Morgan fingerprint density at radius 2 is 2.30 bits per heavy atom. The number of hydrogen-bond donors (Lipinski definition) is 1. The normalized spacial score (nSPS) is 18.0. The van der Waals surface area contributed by atoms with E-state index in [-0.39, 0.29) is 12.0 Å². The van der Waals surface area contributed by atoms with Crippen LogP contribution in [0.2, 0.25) is 0 Å². The highest BCUT2D eigenvalue weighted by molar-refractivity contribution is 5.98. The zero-order valence-corrected chi connectivity index (χ0v) is 12.3. The highest BCUT2D eigenvalue weighted by Crippen LogP contribution is 2.17. The van der Waals surface area contributed by atoms with Gasteiger partial charge in [-0.3, -0.25) is 4.79 Å². The second-order valence-electron chi connectivity index (χ2n) is 4.89. The molecular weight excluding hydrogens is 254 g/mol. The van der Waals surface area contributed by atoms with Crippen molar-refractivity contribution < 1.29 is 9.53 Å². The molecule has 110 valence electrons. The van der Waals surface area contributed by atoms with Crippen LogP contribution in [0, 0.1) is 0 Å². The van der Waals surface area contributed by atoms with E-state index in [4.69, 9.17) is 4.74 Å². The molecule has 1 aliphatic rings. The number of rotatable bonds is 6. The van der Waals surface area contributed by atoms with Gasteiger partial charge in [0.1, 0.15) is 5.82 Å². The van der Waals surface area contributed by atoms with Gasteiger partial charge in [0.15, 0.2) is 0 Å². The molecule has 1 N–H and O–H groups in total. The molecule has 20 heavy (non-hydrogen) atoms. The van der Waals surface area contributed by atoms with Crippen molar-refractivity contribution in [3.63, 3.8) is 0 Å². The van der Waals surface area contributed by atoms with Crippen molar-refractivity contribution in [2.75, 3.05) is 31.1 Å². The summed E-state index contributed by atoms with van der Waals surface area (Å²) in [5.41, 5.74) is 0.634. The number of pyridine rings is 1. The van der Waals surface area contributed by atoms with Gasteiger partial charge in [-0.1, -0.05) is 0 Å². The zero-order valence-electron chi connectivity index (χ0n) is 12.3. The van der Waals surface area contributed by atoms with Crippen LogP contribution in [0.25, 0.3) is 0 Å². The van der Waals surface area contributed by atoms with Crippen molar-refractivity contribution in [2.45, 2.75) is 32.8 Å². The number of ether oxygens (including phenoxy) is 1. The molecule has 1 aromatic heterocycles. The van der Waals surface area contributed by atoms with E-state index in [0.717, 1.165) is 38.4 Å². The maximum Gasteiger partial charge on any atom is 0.255 e.